The van der Waals surface area contributed by atoms with Crippen molar-refractivity contribution in [1.29, 1.82) is 0 Å². The zero-order valence-corrected chi connectivity index (χ0v) is 5.19. The van der Waals surface area contributed by atoms with E-state index in [0.29, 0.717) is 0 Å². The summed E-state index contributed by atoms with van der Waals surface area (Å²) in [4.78, 5) is 0. The SMILES string of the molecule is C=C(N)CCCCN. The van der Waals surface area contributed by atoms with Crippen LogP contribution < -0.4 is 11.5 Å². The summed E-state index contributed by atoms with van der Waals surface area (Å²) in [7, 11) is 0. The maximum absolute atomic E-state index is 5.30. The summed E-state index contributed by atoms with van der Waals surface area (Å²) in [5.74, 6) is 0. The van der Waals surface area contributed by atoms with Crippen LogP contribution in [0.4, 0.5) is 0 Å². The Morgan fingerprint density at radius 1 is 1.38 bits per heavy atom. The van der Waals surface area contributed by atoms with E-state index < -0.39 is 0 Å². The molecule has 0 aromatic rings. The van der Waals surface area contributed by atoms with E-state index in [-0.39, 0.29) is 0 Å². The fourth-order valence-electron chi connectivity index (χ4n) is 0.496. The predicted molar refractivity (Wildman–Crippen MR) is 36.2 cm³/mol. The molecule has 0 radical (unpaired) electrons. The average Bonchev–Trinajstić information content (AvgIpc) is 1.66. The molecule has 0 saturated carbocycles. The zero-order chi connectivity index (χ0) is 6.41. The fraction of sp³-hybridized carbons (Fsp3) is 0.667. The Hall–Kier alpha value is -0.500. The maximum Gasteiger partial charge on any atom is 0.000744 e. The van der Waals surface area contributed by atoms with Crippen molar-refractivity contribution in [1.82, 2.24) is 0 Å². The molecule has 0 bridgehead atoms. The van der Waals surface area contributed by atoms with Crippen LogP contribution in [-0.2, 0) is 0 Å². The standard InChI is InChI=1S/C6H14N2/c1-6(8)4-2-3-5-7/h1-5,7-8H2. The van der Waals surface area contributed by atoms with Gasteiger partial charge in [0, 0.05) is 5.70 Å². The van der Waals surface area contributed by atoms with Crippen LogP contribution >= 0.6 is 0 Å². The maximum atomic E-state index is 5.30. The molecule has 0 heterocycles. The molecule has 2 heteroatoms. The quantitative estimate of drug-likeness (QED) is 0.525. The molecule has 0 atom stereocenters. The molecule has 0 aromatic heterocycles. The molecule has 0 aliphatic carbocycles. The third-order valence-electron chi connectivity index (χ3n) is 0.952. The molecule has 0 rings (SSSR count). The van der Waals surface area contributed by atoms with Gasteiger partial charge in [-0.25, -0.2) is 0 Å². The van der Waals surface area contributed by atoms with Gasteiger partial charge in [0.25, 0.3) is 0 Å². The van der Waals surface area contributed by atoms with E-state index in [2.05, 4.69) is 6.58 Å². The minimum atomic E-state index is 0.757. The summed E-state index contributed by atoms with van der Waals surface area (Å²) in [6, 6.07) is 0. The van der Waals surface area contributed by atoms with Crippen molar-refractivity contribution in [3.05, 3.63) is 12.3 Å². The summed E-state index contributed by atoms with van der Waals surface area (Å²) >= 11 is 0. The molecule has 2 nitrogen and oxygen atoms in total. The Bertz CT molecular complexity index is 68.9. The first-order chi connectivity index (χ1) is 3.77. The van der Waals surface area contributed by atoms with E-state index in [1.54, 1.807) is 0 Å². The van der Waals surface area contributed by atoms with E-state index in [4.69, 9.17) is 11.5 Å². The van der Waals surface area contributed by atoms with Gasteiger partial charge in [0.1, 0.15) is 0 Å². The minimum Gasteiger partial charge on any atom is -0.403 e. The van der Waals surface area contributed by atoms with Gasteiger partial charge in [-0.1, -0.05) is 6.58 Å². The Morgan fingerprint density at radius 3 is 2.38 bits per heavy atom. The Labute approximate surface area is 50.6 Å². The van der Waals surface area contributed by atoms with Crippen LogP contribution in [0.3, 0.4) is 0 Å². The summed E-state index contributed by atoms with van der Waals surface area (Å²) in [5, 5.41) is 0. The second-order valence-electron chi connectivity index (χ2n) is 1.90. The monoisotopic (exact) mass is 114 g/mol. The van der Waals surface area contributed by atoms with Crippen molar-refractivity contribution in [3.8, 4) is 0 Å². The lowest BCUT2D eigenvalue weighted by Crippen LogP contribution is -2.00. The first-order valence-corrected chi connectivity index (χ1v) is 2.90. The molecular formula is C6H14N2. The fourth-order valence-corrected chi connectivity index (χ4v) is 0.496. The van der Waals surface area contributed by atoms with Gasteiger partial charge in [0.2, 0.25) is 0 Å². The first-order valence-electron chi connectivity index (χ1n) is 2.90. The number of rotatable bonds is 4. The van der Waals surface area contributed by atoms with Crippen LogP contribution in [0, 0.1) is 0 Å². The van der Waals surface area contributed by atoms with Crippen molar-refractivity contribution < 1.29 is 0 Å². The van der Waals surface area contributed by atoms with Crippen LogP contribution in [0.5, 0.6) is 0 Å². The average molecular weight is 114 g/mol. The molecule has 0 aliphatic rings. The first kappa shape index (κ1) is 7.50. The van der Waals surface area contributed by atoms with E-state index in [1.165, 1.54) is 0 Å². The molecule has 0 aliphatic heterocycles. The Morgan fingerprint density at radius 2 is 2.00 bits per heavy atom. The summed E-state index contributed by atoms with van der Waals surface area (Å²) in [5.41, 5.74) is 11.3. The van der Waals surface area contributed by atoms with Crippen molar-refractivity contribution in [2.24, 2.45) is 11.5 Å². The van der Waals surface area contributed by atoms with Gasteiger partial charge in [-0.2, -0.15) is 0 Å². The molecule has 0 aromatic carbocycles. The number of nitrogens with two attached hydrogens (primary N) is 2. The van der Waals surface area contributed by atoms with Crippen molar-refractivity contribution in [2.45, 2.75) is 19.3 Å². The van der Waals surface area contributed by atoms with Gasteiger partial charge in [-0.15, -0.1) is 0 Å². The third-order valence-corrected chi connectivity index (χ3v) is 0.952. The lowest BCUT2D eigenvalue weighted by atomic mass is 10.2. The molecule has 0 fully saturated rings. The molecule has 48 valence electrons. The van der Waals surface area contributed by atoms with Crippen molar-refractivity contribution in [2.75, 3.05) is 6.54 Å². The van der Waals surface area contributed by atoms with Gasteiger partial charge >= 0.3 is 0 Å². The topological polar surface area (TPSA) is 52.0 Å². The smallest absolute Gasteiger partial charge is 0.000744 e. The number of hydrogen-bond donors (Lipinski definition) is 2. The van der Waals surface area contributed by atoms with Crippen LogP contribution in [-0.4, -0.2) is 6.54 Å². The predicted octanol–water partition coefficient (Wildman–Crippen LogP) is 0.588. The molecule has 0 amide bonds. The molecule has 0 spiro atoms. The molecule has 0 saturated heterocycles. The molecule has 0 unspecified atom stereocenters. The summed E-state index contributed by atoms with van der Waals surface area (Å²) in [6.07, 6.45) is 3.04. The van der Waals surface area contributed by atoms with Crippen LogP contribution in [0.1, 0.15) is 19.3 Å². The van der Waals surface area contributed by atoms with Crippen molar-refractivity contribution >= 4 is 0 Å². The highest BCUT2D eigenvalue weighted by molar-refractivity contribution is 4.84. The lowest BCUT2D eigenvalue weighted by molar-refractivity contribution is 0.737. The Kier molecular flexibility index (Phi) is 4.36. The summed E-state index contributed by atoms with van der Waals surface area (Å²) < 4.78 is 0. The number of allylic oxidation sites excluding steroid dienone is 1. The Balaban J connectivity index is 2.82. The van der Waals surface area contributed by atoms with Crippen molar-refractivity contribution in [3.63, 3.8) is 0 Å². The number of unbranched alkanes of at least 4 members (excludes halogenated alkanes) is 1. The van der Waals surface area contributed by atoms with E-state index >= 15 is 0 Å². The molecular weight excluding hydrogens is 100 g/mol. The van der Waals surface area contributed by atoms with Gasteiger partial charge < -0.3 is 11.5 Å². The second-order valence-corrected chi connectivity index (χ2v) is 1.90. The van der Waals surface area contributed by atoms with Crippen LogP contribution in [0.2, 0.25) is 0 Å². The van der Waals surface area contributed by atoms with E-state index in [9.17, 15) is 0 Å². The van der Waals surface area contributed by atoms with Gasteiger partial charge in [-0.05, 0) is 25.8 Å². The second kappa shape index (κ2) is 4.65. The minimum absolute atomic E-state index is 0.757. The molecule has 8 heavy (non-hydrogen) atoms. The highest BCUT2D eigenvalue weighted by atomic mass is 14.6. The van der Waals surface area contributed by atoms with Crippen LogP contribution in [0.15, 0.2) is 12.3 Å². The largest absolute Gasteiger partial charge is 0.403 e. The van der Waals surface area contributed by atoms with Gasteiger partial charge in [0.15, 0.2) is 0 Å². The summed E-state index contributed by atoms with van der Waals surface area (Å²) in [6.45, 7) is 4.32. The molecule has 4 N–H and O–H groups in total. The lowest BCUT2D eigenvalue weighted by Gasteiger charge is -1.95. The highest BCUT2D eigenvalue weighted by Crippen LogP contribution is 1.96. The normalized spacial score (nSPS) is 9.12. The van der Waals surface area contributed by atoms with E-state index in [1.807, 2.05) is 0 Å². The van der Waals surface area contributed by atoms with Crippen LogP contribution in [0.25, 0.3) is 0 Å². The third kappa shape index (κ3) is 5.50. The zero-order valence-electron chi connectivity index (χ0n) is 5.19. The van der Waals surface area contributed by atoms with E-state index in [0.717, 1.165) is 31.5 Å². The van der Waals surface area contributed by atoms with Gasteiger partial charge in [0.05, 0.1) is 0 Å². The number of hydrogen-bond acceptors (Lipinski definition) is 2. The van der Waals surface area contributed by atoms with Gasteiger partial charge in [-0.3, -0.25) is 0 Å². The highest BCUT2D eigenvalue weighted by Gasteiger charge is 1.85.